The molecule has 1 heterocycles. The summed E-state index contributed by atoms with van der Waals surface area (Å²) in [6, 6.07) is 19.1. The number of carbonyl (C=O) groups is 2. The summed E-state index contributed by atoms with van der Waals surface area (Å²) in [5.41, 5.74) is 1.09. The highest BCUT2D eigenvalue weighted by atomic mass is 79.9. The van der Waals surface area contributed by atoms with Crippen molar-refractivity contribution in [2.24, 2.45) is 0 Å². The van der Waals surface area contributed by atoms with Crippen molar-refractivity contribution in [2.75, 3.05) is 17.3 Å². The molecule has 0 aliphatic carbocycles. The van der Waals surface area contributed by atoms with Crippen molar-refractivity contribution < 1.29 is 14.3 Å². The van der Waals surface area contributed by atoms with Crippen LogP contribution in [0.5, 0.6) is 5.75 Å². The van der Waals surface area contributed by atoms with Gasteiger partial charge in [0.05, 0.1) is 12.8 Å². The zero-order valence-corrected chi connectivity index (χ0v) is 20.5. The molecule has 4 rings (SSSR count). The topological polar surface area (TPSA) is 58.6 Å². The van der Waals surface area contributed by atoms with Crippen molar-refractivity contribution in [1.29, 1.82) is 0 Å². The van der Waals surface area contributed by atoms with E-state index in [4.69, 9.17) is 27.9 Å². The van der Waals surface area contributed by atoms with Crippen LogP contribution in [0.2, 0.25) is 10.0 Å². The molecule has 0 unspecified atom stereocenters. The summed E-state index contributed by atoms with van der Waals surface area (Å²) in [5.74, 6) is -0.629. The first-order valence-electron chi connectivity index (χ1n) is 9.30. The lowest BCUT2D eigenvalue weighted by molar-refractivity contribution is -0.120. The molecule has 3 aromatic carbocycles. The molecule has 0 spiro atoms. The molecule has 1 aliphatic heterocycles. The minimum atomic E-state index is -0.507. The van der Waals surface area contributed by atoms with E-state index < -0.39 is 11.8 Å². The fourth-order valence-corrected chi connectivity index (χ4v) is 4.72. The molecule has 1 N–H and O–H groups in total. The van der Waals surface area contributed by atoms with Crippen molar-refractivity contribution in [1.82, 2.24) is 0 Å². The predicted molar refractivity (Wildman–Crippen MR) is 133 cm³/mol. The van der Waals surface area contributed by atoms with Gasteiger partial charge in [0, 0.05) is 25.1 Å². The SMILES string of the molecule is COc1ccc(Cl)cc1N1C(=O)C(Nc2cccc(Br)c2)=C(Sc2ccc(Cl)cc2)C1=O. The van der Waals surface area contributed by atoms with Crippen LogP contribution in [-0.2, 0) is 9.59 Å². The van der Waals surface area contributed by atoms with Crippen molar-refractivity contribution in [2.45, 2.75) is 4.90 Å². The molecule has 0 atom stereocenters. The number of anilines is 2. The number of nitrogens with zero attached hydrogens (tertiary/aromatic N) is 1. The van der Waals surface area contributed by atoms with Crippen molar-refractivity contribution >= 4 is 74.1 Å². The Balaban J connectivity index is 1.79. The lowest BCUT2D eigenvalue weighted by Gasteiger charge is -2.18. The van der Waals surface area contributed by atoms with Crippen molar-refractivity contribution in [3.05, 3.63) is 91.9 Å². The molecular formula is C23H15BrCl2N2O3S. The highest BCUT2D eigenvalue weighted by Crippen LogP contribution is 2.41. The first-order chi connectivity index (χ1) is 15.4. The van der Waals surface area contributed by atoms with E-state index in [1.165, 1.54) is 24.9 Å². The monoisotopic (exact) mass is 548 g/mol. The van der Waals surface area contributed by atoms with E-state index in [9.17, 15) is 9.59 Å². The van der Waals surface area contributed by atoms with Gasteiger partial charge in [-0.2, -0.15) is 0 Å². The van der Waals surface area contributed by atoms with Gasteiger partial charge in [0.25, 0.3) is 11.8 Å². The molecule has 2 amide bonds. The first kappa shape index (κ1) is 22.7. The molecule has 0 bridgehead atoms. The Hall–Kier alpha value is -2.45. The largest absolute Gasteiger partial charge is 0.495 e. The van der Waals surface area contributed by atoms with Crippen LogP contribution in [-0.4, -0.2) is 18.9 Å². The summed E-state index contributed by atoms with van der Waals surface area (Å²) in [6.07, 6.45) is 0. The second kappa shape index (κ2) is 9.58. The fourth-order valence-electron chi connectivity index (χ4n) is 3.10. The van der Waals surface area contributed by atoms with Gasteiger partial charge in [0.2, 0.25) is 0 Å². The number of benzene rings is 3. The third-order valence-corrected chi connectivity index (χ3v) is 6.62. The Kier molecular flexibility index (Phi) is 6.81. The Bertz CT molecular complexity index is 1250. The number of halogens is 3. The highest BCUT2D eigenvalue weighted by molar-refractivity contribution is 9.10. The maximum absolute atomic E-state index is 13.5. The fraction of sp³-hybridized carbons (Fsp3) is 0.0435. The summed E-state index contributed by atoms with van der Waals surface area (Å²) in [5, 5.41) is 4.07. The standard InChI is InChI=1S/C23H15BrCl2N2O3S/c1-31-19-10-7-15(26)12-18(19)28-22(29)20(27-16-4-2-3-13(24)11-16)21(23(28)30)32-17-8-5-14(25)6-9-17/h2-12,27H,1H3. The zero-order valence-electron chi connectivity index (χ0n) is 16.6. The minimum absolute atomic E-state index is 0.162. The zero-order chi connectivity index (χ0) is 22.8. The molecule has 32 heavy (non-hydrogen) atoms. The van der Waals surface area contributed by atoms with Crippen LogP contribution < -0.4 is 15.0 Å². The van der Waals surface area contributed by atoms with E-state index in [1.807, 2.05) is 24.3 Å². The van der Waals surface area contributed by atoms with Gasteiger partial charge in [0.15, 0.2) is 0 Å². The van der Waals surface area contributed by atoms with Crippen LogP contribution in [0.4, 0.5) is 11.4 Å². The molecule has 0 radical (unpaired) electrons. The Morgan fingerprint density at radius 1 is 0.938 bits per heavy atom. The van der Waals surface area contributed by atoms with E-state index in [0.29, 0.717) is 21.5 Å². The number of rotatable bonds is 6. The van der Waals surface area contributed by atoms with Gasteiger partial charge < -0.3 is 10.1 Å². The Morgan fingerprint density at radius 2 is 1.66 bits per heavy atom. The summed E-state index contributed by atoms with van der Waals surface area (Å²) >= 11 is 16.7. The Labute approximate surface area is 207 Å². The van der Waals surface area contributed by atoms with E-state index in [2.05, 4.69) is 21.2 Å². The molecule has 1 aliphatic rings. The number of nitrogens with one attached hydrogen (secondary N) is 1. The van der Waals surface area contributed by atoms with Gasteiger partial charge in [-0.1, -0.05) is 57.0 Å². The summed E-state index contributed by atoms with van der Waals surface area (Å²) in [6.45, 7) is 0. The van der Waals surface area contributed by atoms with Crippen LogP contribution in [0.3, 0.4) is 0 Å². The molecule has 162 valence electrons. The molecule has 0 saturated heterocycles. The maximum atomic E-state index is 13.5. The summed E-state index contributed by atoms with van der Waals surface area (Å²) in [4.78, 5) is 29.1. The summed E-state index contributed by atoms with van der Waals surface area (Å²) < 4.78 is 6.21. The number of thioether (sulfide) groups is 1. The summed E-state index contributed by atoms with van der Waals surface area (Å²) in [7, 11) is 1.47. The normalized spacial score (nSPS) is 13.7. The number of hydrogen-bond donors (Lipinski definition) is 1. The molecule has 0 aromatic heterocycles. The van der Waals surface area contributed by atoms with Crippen molar-refractivity contribution in [3.8, 4) is 5.75 Å². The smallest absolute Gasteiger partial charge is 0.283 e. The van der Waals surface area contributed by atoms with Crippen LogP contribution in [0.1, 0.15) is 0 Å². The number of amides is 2. The van der Waals surface area contributed by atoms with Crippen LogP contribution in [0.25, 0.3) is 0 Å². The average Bonchev–Trinajstić information content (AvgIpc) is 2.99. The second-order valence-electron chi connectivity index (χ2n) is 6.66. The predicted octanol–water partition coefficient (Wildman–Crippen LogP) is 6.75. The van der Waals surface area contributed by atoms with Crippen LogP contribution >= 0.6 is 50.9 Å². The number of ether oxygens (including phenoxy) is 1. The van der Waals surface area contributed by atoms with Gasteiger partial charge >= 0.3 is 0 Å². The van der Waals surface area contributed by atoms with Crippen LogP contribution in [0, 0.1) is 0 Å². The number of hydrogen-bond acceptors (Lipinski definition) is 5. The third-order valence-electron chi connectivity index (χ3n) is 4.55. The van der Waals surface area contributed by atoms with Gasteiger partial charge in [-0.3, -0.25) is 9.59 Å². The molecule has 0 saturated carbocycles. The second-order valence-corrected chi connectivity index (χ2v) is 9.53. The van der Waals surface area contributed by atoms with Gasteiger partial charge in [-0.05, 0) is 60.7 Å². The van der Waals surface area contributed by atoms with E-state index in [0.717, 1.165) is 14.3 Å². The lowest BCUT2D eigenvalue weighted by Crippen LogP contribution is -2.32. The van der Waals surface area contributed by atoms with Crippen LogP contribution in [0.15, 0.2) is 86.7 Å². The first-order valence-corrected chi connectivity index (χ1v) is 11.7. The minimum Gasteiger partial charge on any atom is -0.495 e. The van der Waals surface area contributed by atoms with Gasteiger partial charge in [-0.15, -0.1) is 0 Å². The molecule has 5 nitrogen and oxygen atoms in total. The average molecular weight is 550 g/mol. The number of carbonyl (C=O) groups excluding carboxylic acids is 2. The maximum Gasteiger partial charge on any atom is 0.283 e. The quantitative estimate of drug-likeness (QED) is 0.344. The van der Waals surface area contributed by atoms with Gasteiger partial charge in [0.1, 0.15) is 16.4 Å². The third kappa shape index (κ3) is 4.66. The molecule has 0 fully saturated rings. The van der Waals surface area contributed by atoms with E-state index in [1.54, 1.807) is 36.4 Å². The molecule has 3 aromatic rings. The highest BCUT2D eigenvalue weighted by Gasteiger charge is 2.41. The van der Waals surface area contributed by atoms with E-state index >= 15 is 0 Å². The van der Waals surface area contributed by atoms with Gasteiger partial charge in [-0.25, -0.2) is 4.90 Å². The lowest BCUT2D eigenvalue weighted by atomic mass is 10.2. The van der Waals surface area contributed by atoms with E-state index in [-0.39, 0.29) is 16.3 Å². The molecular weight excluding hydrogens is 535 g/mol. The number of imide groups is 1. The number of methoxy groups -OCH3 is 1. The van der Waals surface area contributed by atoms with Crippen molar-refractivity contribution in [3.63, 3.8) is 0 Å². The molecule has 9 heteroatoms. The Morgan fingerprint density at radius 3 is 2.34 bits per heavy atom.